The van der Waals surface area contributed by atoms with Crippen molar-refractivity contribution in [1.82, 2.24) is 0 Å². The molecule has 3 heteroatoms. The van der Waals surface area contributed by atoms with Gasteiger partial charge in [-0.05, 0) is 114 Å². The number of aryl methyl sites for hydroxylation is 1. The van der Waals surface area contributed by atoms with Crippen LogP contribution in [0.2, 0.25) is 0 Å². The molecule has 7 rings (SSSR count). The normalized spacial score (nSPS) is 13.8. The van der Waals surface area contributed by atoms with Crippen LogP contribution in [0.3, 0.4) is 0 Å². The van der Waals surface area contributed by atoms with Crippen molar-refractivity contribution in [3.8, 4) is 11.1 Å². The van der Waals surface area contributed by atoms with Crippen molar-refractivity contribution in [2.24, 2.45) is 0 Å². The van der Waals surface area contributed by atoms with Crippen LogP contribution in [0.5, 0.6) is 0 Å². The smallest absolute Gasteiger partial charge is 0.0548 e. The minimum Gasteiger partial charge on any atom is -0.311 e. The van der Waals surface area contributed by atoms with E-state index in [1.54, 1.807) is 11.3 Å². The first-order valence-electron chi connectivity index (χ1n) is 18.7. The monoisotopic (exact) mass is 720 g/mol. The maximum absolute atomic E-state index is 4.54. The van der Waals surface area contributed by atoms with E-state index in [1.165, 1.54) is 37.9 Å². The van der Waals surface area contributed by atoms with Crippen molar-refractivity contribution >= 4 is 68.6 Å². The molecule has 1 aromatic heterocycles. The van der Waals surface area contributed by atoms with Gasteiger partial charge < -0.3 is 9.80 Å². The van der Waals surface area contributed by atoms with E-state index in [1.807, 2.05) is 18.2 Å². The second-order valence-corrected chi connectivity index (χ2v) is 15.4. The summed E-state index contributed by atoms with van der Waals surface area (Å²) in [6.07, 6.45) is 13.5. The lowest BCUT2D eigenvalue weighted by Crippen LogP contribution is -2.29. The summed E-state index contributed by atoms with van der Waals surface area (Å²) in [5.41, 5.74) is 14.4. The molecule has 1 aliphatic rings. The highest BCUT2D eigenvalue weighted by molar-refractivity contribution is 7.17. The molecule has 0 unspecified atom stereocenters. The Bertz CT molecular complexity index is 2610. The lowest BCUT2D eigenvalue weighted by molar-refractivity contribution is 0.660. The summed E-state index contributed by atoms with van der Waals surface area (Å²) in [4.78, 5) is 4.72. The fourth-order valence-electron chi connectivity index (χ4n) is 8.15. The fraction of sp³-hybridized carbons (Fsp3) is 0.137. The predicted molar refractivity (Wildman–Crippen MR) is 239 cm³/mol. The molecule has 0 amide bonds. The number of hydrogen-bond acceptors (Lipinski definition) is 3. The van der Waals surface area contributed by atoms with E-state index in [4.69, 9.17) is 0 Å². The van der Waals surface area contributed by atoms with Crippen LogP contribution in [0.1, 0.15) is 61.9 Å². The highest BCUT2D eigenvalue weighted by Gasteiger charge is 2.39. The summed E-state index contributed by atoms with van der Waals surface area (Å²) >= 11 is 1.71. The first-order valence-corrected chi connectivity index (χ1v) is 19.5. The molecule has 0 N–H and O–H groups in total. The molecule has 54 heavy (non-hydrogen) atoms. The van der Waals surface area contributed by atoms with E-state index in [9.17, 15) is 0 Å². The third-order valence-electron chi connectivity index (χ3n) is 10.6. The first kappa shape index (κ1) is 36.5. The van der Waals surface area contributed by atoms with Crippen molar-refractivity contribution in [1.29, 1.82) is 0 Å². The zero-order chi connectivity index (χ0) is 38.1. The summed E-state index contributed by atoms with van der Waals surface area (Å²) in [5.74, 6) is 0. The van der Waals surface area contributed by atoms with Gasteiger partial charge in [0.1, 0.15) is 0 Å². The molecule has 0 bridgehead atoms. The molecule has 1 aliphatic carbocycles. The lowest BCUT2D eigenvalue weighted by Gasteiger charge is -2.31. The fourth-order valence-corrected chi connectivity index (χ4v) is 9.15. The van der Waals surface area contributed by atoms with Gasteiger partial charge >= 0.3 is 0 Å². The summed E-state index contributed by atoms with van der Waals surface area (Å²) in [7, 11) is 0. The molecule has 5 aromatic carbocycles. The van der Waals surface area contributed by atoms with Crippen molar-refractivity contribution in [2.75, 3.05) is 9.80 Å². The minimum atomic E-state index is -0.330. The number of para-hydroxylation sites is 1. The Kier molecular flexibility index (Phi) is 10.0. The van der Waals surface area contributed by atoms with Crippen LogP contribution in [0.25, 0.3) is 45.6 Å². The van der Waals surface area contributed by atoms with Gasteiger partial charge in [-0.3, -0.25) is 0 Å². The molecule has 0 atom stereocenters. The molecular formula is C51H48N2S. The van der Waals surface area contributed by atoms with Crippen LogP contribution < -0.4 is 19.6 Å². The van der Waals surface area contributed by atoms with Crippen molar-refractivity contribution in [2.45, 2.75) is 46.5 Å². The summed E-state index contributed by atoms with van der Waals surface area (Å²) in [6, 6.07) is 37.2. The summed E-state index contributed by atoms with van der Waals surface area (Å²) in [5, 5.41) is 2.26. The van der Waals surface area contributed by atoms with E-state index in [2.05, 4.69) is 192 Å². The van der Waals surface area contributed by atoms with Gasteiger partial charge in [-0.25, -0.2) is 0 Å². The maximum atomic E-state index is 4.54. The summed E-state index contributed by atoms with van der Waals surface area (Å²) < 4.78 is 2.21. The molecule has 2 nitrogen and oxygen atoms in total. The molecule has 0 saturated carbocycles. The zero-order valence-corrected chi connectivity index (χ0v) is 32.9. The van der Waals surface area contributed by atoms with Crippen molar-refractivity contribution in [3.63, 3.8) is 0 Å². The van der Waals surface area contributed by atoms with Gasteiger partial charge in [0.25, 0.3) is 0 Å². The zero-order valence-electron chi connectivity index (χ0n) is 32.1. The third-order valence-corrected chi connectivity index (χ3v) is 11.6. The Morgan fingerprint density at radius 3 is 2.15 bits per heavy atom. The van der Waals surface area contributed by atoms with Crippen molar-refractivity contribution in [3.05, 3.63) is 190 Å². The Balaban J connectivity index is 1.51. The van der Waals surface area contributed by atoms with Crippen LogP contribution in [-0.4, -0.2) is 0 Å². The van der Waals surface area contributed by atoms with Crippen molar-refractivity contribution < 1.29 is 0 Å². The highest BCUT2D eigenvalue weighted by Crippen LogP contribution is 2.55. The number of hydrogen-bond donors (Lipinski definition) is 0. The van der Waals surface area contributed by atoms with E-state index >= 15 is 0 Å². The molecule has 268 valence electrons. The third kappa shape index (κ3) is 6.09. The molecular weight excluding hydrogens is 673 g/mol. The molecule has 0 aliphatic heterocycles. The number of benzene rings is 5. The standard InChI is InChI=1S/C51H48N2S/c1-10-21-36(22-11-2)52(38-26-20-23-34(6)31-38)39-29-30-42-44(32-39)51(8,9)45-33-47(40(12-3)41(13-4)50(42)45)53(37-24-16-15-17-25-37)46(14-5)49-35(7)54-48-28-19-18-27-43(48)49/h10,12-33H,3-5,7,11H2,1-2,6,8-9H3/b21-10-,36-22+,49-46-. The first-order chi connectivity index (χ1) is 26.2. The molecule has 0 radical (unpaired) electrons. The molecule has 0 fully saturated rings. The van der Waals surface area contributed by atoms with Gasteiger partial charge in [0, 0.05) is 53.6 Å². The number of fused-ring (bicyclic) bond motifs is 4. The Hall–Kier alpha value is -5.90. The van der Waals surface area contributed by atoms with Crippen LogP contribution in [0, 0.1) is 6.92 Å². The van der Waals surface area contributed by atoms with Crippen LogP contribution in [-0.2, 0) is 5.41 Å². The van der Waals surface area contributed by atoms with E-state index in [0.29, 0.717) is 0 Å². The van der Waals surface area contributed by atoms with Gasteiger partial charge in [-0.15, -0.1) is 11.3 Å². The molecule has 1 heterocycles. The maximum Gasteiger partial charge on any atom is 0.0548 e. The number of allylic oxidation sites excluding steroid dienone is 3. The molecule has 0 saturated heterocycles. The average molecular weight is 721 g/mol. The van der Waals surface area contributed by atoms with Gasteiger partial charge in [-0.1, -0.05) is 126 Å². The Morgan fingerprint density at radius 2 is 1.46 bits per heavy atom. The lowest BCUT2D eigenvalue weighted by atomic mass is 9.81. The molecule has 0 spiro atoms. The van der Waals surface area contributed by atoms with E-state index in [-0.39, 0.29) is 5.41 Å². The molecule has 6 aromatic rings. The van der Waals surface area contributed by atoms with E-state index < -0.39 is 0 Å². The van der Waals surface area contributed by atoms with Gasteiger partial charge in [0.2, 0.25) is 0 Å². The van der Waals surface area contributed by atoms with Gasteiger partial charge in [-0.2, -0.15) is 0 Å². The van der Waals surface area contributed by atoms with Crippen LogP contribution in [0.15, 0.2) is 153 Å². The average Bonchev–Trinajstić information content (AvgIpc) is 3.62. The van der Waals surface area contributed by atoms with Crippen LogP contribution >= 0.6 is 11.3 Å². The summed E-state index contributed by atoms with van der Waals surface area (Å²) in [6.45, 7) is 28.9. The topological polar surface area (TPSA) is 6.48 Å². The number of thiophene rings is 1. The van der Waals surface area contributed by atoms with Crippen LogP contribution in [0.4, 0.5) is 22.7 Å². The second-order valence-electron chi connectivity index (χ2n) is 14.3. The van der Waals surface area contributed by atoms with Gasteiger partial charge in [0.15, 0.2) is 0 Å². The SMILES string of the molecule is C=C/C(=c1\c(=C)sc2ccccc12)N(c1ccccc1)c1cc2c(c(C=C)c1C=C)-c1ccc(N(C(/C=C\C)=C/CC)c3cccc(C)c3)cc1C2(C)C. The quantitative estimate of drug-likeness (QED) is 0.123. The highest BCUT2D eigenvalue weighted by atomic mass is 32.1. The predicted octanol–water partition coefficient (Wildman–Crippen LogP) is 13.4. The van der Waals surface area contributed by atoms with Gasteiger partial charge in [0.05, 0.1) is 11.4 Å². The number of rotatable bonds is 11. The second kappa shape index (κ2) is 14.9. The van der Waals surface area contributed by atoms with E-state index in [0.717, 1.165) is 61.4 Å². The Morgan fingerprint density at radius 1 is 0.759 bits per heavy atom. The number of anilines is 4. The largest absolute Gasteiger partial charge is 0.311 e. The minimum absolute atomic E-state index is 0.330. The Labute approximate surface area is 325 Å². The number of nitrogens with zero attached hydrogens (tertiary/aromatic N) is 2.